The van der Waals surface area contributed by atoms with E-state index in [2.05, 4.69) is 25.8 Å². The zero-order chi connectivity index (χ0) is 17.1. The number of rotatable bonds is 4. The standard InChI is InChI=1S/C17H15F2N5/c1-10-4-3-5-11(2)16(10)23-17-22-15(9-20-24-17)21-12-6-7-13(18)14(19)8-12/h3-9H,1-2H3,(H2,21,22,23,24). The molecule has 0 bridgehead atoms. The second-order valence-electron chi connectivity index (χ2n) is 5.31. The van der Waals surface area contributed by atoms with Crippen LogP contribution in [0.25, 0.3) is 0 Å². The summed E-state index contributed by atoms with van der Waals surface area (Å²) in [6, 6.07) is 9.44. The first kappa shape index (κ1) is 15.8. The smallest absolute Gasteiger partial charge is 0.249 e. The lowest BCUT2D eigenvalue weighted by Crippen LogP contribution is -2.04. The average molecular weight is 327 g/mol. The maximum atomic E-state index is 13.3. The highest BCUT2D eigenvalue weighted by Crippen LogP contribution is 2.23. The van der Waals surface area contributed by atoms with E-state index >= 15 is 0 Å². The van der Waals surface area contributed by atoms with Gasteiger partial charge in [0.2, 0.25) is 5.95 Å². The van der Waals surface area contributed by atoms with Crippen molar-refractivity contribution in [2.45, 2.75) is 13.8 Å². The van der Waals surface area contributed by atoms with Crippen molar-refractivity contribution in [2.75, 3.05) is 10.6 Å². The van der Waals surface area contributed by atoms with E-state index in [9.17, 15) is 8.78 Å². The van der Waals surface area contributed by atoms with Gasteiger partial charge < -0.3 is 10.6 Å². The molecule has 3 aromatic rings. The van der Waals surface area contributed by atoms with Gasteiger partial charge in [-0.25, -0.2) is 8.78 Å². The SMILES string of the molecule is Cc1cccc(C)c1Nc1nncc(Nc2ccc(F)c(F)c2)n1. The van der Waals surface area contributed by atoms with Gasteiger partial charge in [-0.05, 0) is 37.1 Å². The summed E-state index contributed by atoms with van der Waals surface area (Å²) in [6.45, 7) is 3.96. The molecule has 0 atom stereocenters. The van der Waals surface area contributed by atoms with Gasteiger partial charge in [-0.3, -0.25) is 0 Å². The van der Waals surface area contributed by atoms with Gasteiger partial charge in [-0.2, -0.15) is 10.1 Å². The van der Waals surface area contributed by atoms with Crippen molar-refractivity contribution in [1.29, 1.82) is 0 Å². The molecular weight excluding hydrogens is 312 g/mol. The number of hydrogen-bond donors (Lipinski definition) is 2. The summed E-state index contributed by atoms with van der Waals surface area (Å²) < 4.78 is 26.2. The van der Waals surface area contributed by atoms with Gasteiger partial charge >= 0.3 is 0 Å². The summed E-state index contributed by atoms with van der Waals surface area (Å²) in [6.07, 6.45) is 1.40. The molecule has 24 heavy (non-hydrogen) atoms. The fraction of sp³-hybridized carbons (Fsp3) is 0.118. The van der Waals surface area contributed by atoms with Crippen molar-refractivity contribution in [3.8, 4) is 0 Å². The molecule has 2 N–H and O–H groups in total. The van der Waals surface area contributed by atoms with Crippen LogP contribution in [0.1, 0.15) is 11.1 Å². The number of nitrogens with one attached hydrogen (secondary N) is 2. The number of halogens is 2. The number of nitrogens with zero attached hydrogens (tertiary/aromatic N) is 3. The van der Waals surface area contributed by atoms with Gasteiger partial charge in [-0.1, -0.05) is 18.2 Å². The summed E-state index contributed by atoms with van der Waals surface area (Å²) in [5, 5.41) is 13.8. The number of aromatic nitrogens is 3. The fourth-order valence-electron chi connectivity index (χ4n) is 2.26. The topological polar surface area (TPSA) is 62.7 Å². The Balaban J connectivity index is 1.82. The van der Waals surface area contributed by atoms with Crippen molar-refractivity contribution in [3.63, 3.8) is 0 Å². The largest absolute Gasteiger partial charge is 0.339 e. The van der Waals surface area contributed by atoms with Crippen LogP contribution >= 0.6 is 0 Å². The fourth-order valence-corrected chi connectivity index (χ4v) is 2.26. The number of para-hydroxylation sites is 1. The normalized spacial score (nSPS) is 10.5. The second-order valence-corrected chi connectivity index (χ2v) is 5.31. The van der Waals surface area contributed by atoms with Crippen molar-refractivity contribution in [3.05, 3.63) is 65.4 Å². The van der Waals surface area contributed by atoms with Gasteiger partial charge in [0.15, 0.2) is 17.5 Å². The first-order valence-electron chi connectivity index (χ1n) is 7.28. The molecule has 1 aromatic heterocycles. The van der Waals surface area contributed by atoms with E-state index in [-0.39, 0.29) is 0 Å². The molecule has 3 rings (SSSR count). The van der Waals surface area contributed by atoms with E-state index in [1.807, 2.05) is 32.0 Å². The predicted octanol–water partition coefficient (Wildman–Crippen LogP) is 4.25. The first-order chi connectivity index (χ1) is 11.5. The minimum Gasteiger partial charge on any atom is -0.339 e. The van der Waals surface area contributed by atoms with E-state index in [1.165, 1.54) is 12.3 Å². The molecule has 0 unspecified atom stereocenters. The van der Waals surface area contributed by atoms with E-state index in [0.717, 1.165) is 28.9 Å². The Labute approximate surface area is 137 Å². The third-order valence-corrected chi connectivity index (χ3v) is 3.47. The Morgan fingerprint density at radius 2 is 1.67 bits per heavy atom. The van der Waals surface area contributed by atoms with Crippen molar-refractivity contribution >= 4 is 23.1 Å². The van der Waals surface area contributed by atoms with Gasteiger partial charge in [0.1, 0.15) is 0 Å². The van der Waals surface area contributed by atoms with Crippen LogP contribution in [-0.2, 0) is 0 Å². The highest BCUT2D eigenvalue weighted by molar-refractivity contribution is 5.64. The summed E-state index contributed by atoms with van der Waals surface area (Å²) in [5.41, 5.74) is 3.38. The van der Waals surface area contributed by atoms with Crippen LogP contribution in [0.4, 0.5) is 31.9 Å². The lowest BCUT2D eigenvalue weighted by Gasteiger charge is -2.11. The molecule has 0 amide bonds. The molecule has 0 aliphatic carbocycles. The number of hydrogen-bond acceptors (Lipinski definition) is 5. The molecular formula is C17H15F2N5. The van der Waals surface area contributed by atoms with Crippen LogP contribution in [0.15, 0.2) is 42.6 Å². The summed E-state index contributed by atoms with van der Waals surface area (Å²) in [4.78, 5) is 4.29. The molecule has 0 aliphatic heterocycles. The Kier molecular flexibility index (Phi) is 4.33. The van der Waals surface area contributed by atoms with Crippen LogP contribution in [0.3, 0.4) is 0 Å². The van der Waals surface area contributed by atoms with Gasteiger partial charge in [0.25, 0.3) is 0 Å². The summed E-state index contributed by atoms with van der Waals surface area (Å²) >= 11 is 0. The third-order valence-electron chi connectivity index (χ3n) is 3.47. The van der Waals surface area contributed by atoms with E-state index < -0.39 is 11.6 Å². The lowest BCUT2D eigenvalue weighted by atomic mass is 10.1. The molecule has 5 nitrogen and oxygen atoms in total. The number of anilines is 4. The van der Waals surface area contributed by atoms with Crippen LogP contribution in [0.2, 0.25) is 0 Å². The maximum absolute atomic E-state index is 13.3. The molecule has 2 aromatic carbocycles. The molecule has 0 radical (unpaired) electrons. The summed E-state index contributed by atoms with van der Waals surface area (Å²) in [7, 11) is 0. The van der Waals surface area contributed by atoms with Crippen molar-refractivity contribution in [1.82, 2.24) is 15.2 Å². The molecule has 0 spiro atoms. The maximum Gasteiger partial charge on any atom is 0.249 e. The molecule has 0 saturated heterocycles. The van der Waals surface area contributed by atoms with E-state index in [1.54, 1.807) is 0 Å². The molecule has 7 heteroatoms. The minimum absolute atomic E-state index is 0.306. The highest BCUT2D eigenvalue weighted by Gasteiger charge is 2.07. The molecule has 122 valence electrons. The van der Waals surface area contributed by atoms with E-state index in [4.69, 9.17) is 0 Å². The number of benzene rings is 2. The minimum atomic E-state index is -0.934. The Bertz CT molecular complexity index is 862. The summed E-state index contributed by atoms with van der Waals surface area (Å²) in [5.74, 6) is -1.17. The highest BCUT2D eigenvalue weighted by atomic mass is 19.2. The monoisotopic (exact) mass is 327 g/mol. The third kappa shape index (κ3) is 3.45. The Morgan fingerprint density at radius 3 is 2.38 bits per heavy atom. The molecule has 0 aliphatic rings. The predicted molar refractivity (Wildman–Crippen MR) is 88.7 cm³/mol. The van der Waals surface area contributed by atoms with Crippen molar-refractivity contribution in [2.24, 2.45) is 0 Å². The van der Waals surface area contributed by atoms with Gasteiger partial charge in [-0.15, -0.1) is 5.10 Å². The van der Waals surface area contributed by atoms with Gasteiger partial charge in [0, 0.05) is 17.4 Å². The average Bonchev–Trinajstić information content (AvgIpc) is 2.55. The Hall–Kier alpha value is -3.09. The second kappa shape index (κ2) is 6.57. The zero-order valence-electron chi connectivity index (χ0n) is 13.1. The van der Waals surface area contributed by atoms with Gasteiger partial charge in [0.05, 0.1) is 6.20 Å². The first-order valence-corrected chi connectivity index (χ1v) is 7.28. The number of aryl methyl sites for hydroxylation is 2. The molecule has 0 fully saturated rings. The molecule has 1 heterocycles. The van der Waals surface area contributed by atoms with Crippen molar-refractivity contribution < 1.29 is 8.78 Å². The van der Waals surface area contributed by atoms with Crippen LogP contribution < -0.4 is 10.6 Å². The molecule has 0 saturated carbocycles. The van der Waals surface area contributed by atoms with Crippen LogP contribution in [-0.4, -0.2) is 15.2 Å². The zero-order valence-corrected chi connectivity index (χ0v) is 13.1. The van der Waals surface area contributed by atoms with Crippen LogP contribution in [0.5, 0.6) is 0 Å². The van der Waals surface area contributed by atoms with E-state index in [0.29, 0.717) is 17.5 Å². The van der Waals surface area contributed by atoms with Crippen LogP contribution in [0, 0.1) is 25.5 Å². The quantitative estimate of drug-likeness (QED) is 0.750. The lowest BCUT2D eigenvalue weighted by molar-refractivity contribution is 0.509. The Morgan fingerprint density at radius 1 is 0.917 bits per heavy atom.